The third kappa shape index (κ3) is 2.42. The third-order valence-electron chi connectivity index (χ3n) is 10.9. The molecular formula is C29H33N3O. The maximum atomic E-state index is 11.3. The van der Waals surface area contributed by atoms with Gasteiger partial charge >= 0.3 is 0 Å². The first-order valence-corrected chi connectivity index (χ1v) is 12.8. The molecule has 170 valence electrons. The van der Waals surface area contributed by atoms with Crippen molar-refractivity contribution in [1.29, 1.82) is 0 Å². The van der Waals surface area contributed by atoms with Crippen LogP contribution in [0.15, 0.2) is 30.5 Å². The number of aliphatic hydroxyl groups is 1. The van der Waals surface area contributed by atoms with Crippen LogP contribution < -0.4 is 0 Å². The van der Waals surface area contributed by atoms with Gasteiger partial charge in [0.1, 0.15) is 5.60 Å². The van der Waals surface area contributed by atoms with Crippen LogP contribution in [-0.2, 0) is 12.8 Å². The molecule has 4 nitrogen and oxygen atoms in total. The van der Waals surface area contributed by atoms with Crippen LogP contribution in [0.25, 0.3) is 16.8 Å². The number of para-hydroxylation sites is 2. The molecule has 0 saturated heterocycles. The predicted octanol–water partition coefficient (Wildman–Crippen LogP) is 5.20. The van der Waals surface area contributed by atoms with Crippen molar-refractivity contribution < 1.29 is 5.11 Å². The molecule has 2 heterocycles. The van der Waals surface area contributed by atoms with Crippen LogP contribution >= 0.6 is 0 Å². The summed E-state index contributed by atoms with van der Waals surface area (Å²) in [5.41, 5.74) is 4.08. The third-order valence-corrected chi connectivity index (χ3v) is 10.9. The van der Waals surface area contributed by atoms with E-state index in [1.54, 1.807) is 0 Å². The van der Waals surface area contributed by atoms with E-state index in [0.29, 0.717) is 29.1 Å². The number of nitrogens with zero attached hydrogens (tertiary/aromatic N) is 3. The van der Waals surface area contributed by atoms with Gasteiger partial charge in [0.2, 0.25) is 5.78 Å². The van der Waals surface area contributed by atoms with Crippen LogP contribution in [0.4, 0.5) is 0 Å². The summed E-state index contributed by atoms with van der Waals surface area (Å²) < 4.78 is 2.19. The van der Waals surface area contributed by atoms with Gasteiger partial charge in [-0.25, -0.2) is 9.97 Å². The Morgan fingerprint density at radius 2 is 1.88 bits per heavy atom. The lowest BCUT2D eigenvalue weighted by Crippen LogP contribution is -2.56. The average molecular weight is 440 g/mol. The van der Waals surface area contributed by atoms with Gasteiger partial charge in [-0.3, -0.25) is 4.40 Å². The van der Waals surface area contributed by atoms with E-state index in [-0.39, 0.29) is 5.41 Å². The Labute approximate surface area is 195 Å². The minimum absolute atomic E-state index is 0.123. The number of hydrogen-bond donors (Lipinski definition) is 1. The molecule has 1 aromatic carbocycles. The van der Waals surface area contributed by atoms with E-state index in [2.05, 4.69) is 48.6 Å². The van der Waals surface area contributed by atoms with Gasteiger partial charge in [0.05, 0.1) is 11.0 Å². The summed E-state index contributed by atoms with van der Waals surface area (Å²) in [5, 5.41) is 11.3. The zero-order valence-electron chi connectivity index (χ0n) is 19.7. The number of benzene rings is 1. The van der Waals surface area contributed by atoms with Gasteiger partial charge in [-0.15, -0.1) is 6.42 Å². The molecule has 3 saturated carbocycles. The molecule has 0 spiro atoms. The lowest BCUT2D eigenvalue weighted by atomic mass is 9.44. The van der Waals surface area contributed by atoms with Crippen LogP contribution in [0.5, 0.6) is 0 Å². The Morgan fingerprint density at radius 1 is 1.06 bits per heavy atom. The molecule has 3 aromatic rings. The molecule has 4 heteroatoms. The van der Waals surface area contributed by atoms with E-state index in [0.717, 1.165) is 48.9 Å². The summed E-state index contributed by atoms with van der Waals surface area (Å²) in [7, 11) is 0. The highest BCUT2D eigenvalue weighted by Crippen LogP contribution is 2.67. The van der Waals surface area contributed by atoms with Crippen molar-refractivity contribution in [3.05, 3.63) is 41.7 Å². The maximum absolute atomic E-state index is 11.3. The topological polar surface area (TPSA) is 50.4 Å². The molecule has 0 aliphatic heterocycles. The van der Waals surface area contributed by atoms with Crippen molar-refractivity contribution in [1.82, 2.24) is 14.4 Å². The first-order valence-electron chi connectivity index (χ1n) is 12.8. The van der Waals surface area contributed by atoms with E-state index in [4.69, 9.17) is 16.4 Å². The highest BCUT2D eigenvalue weighted by Gasteiger charge is 2.64. The molecule has 0 radical (unpaired) electrons. The van der Waals surface area contributed by atoms with Crippen molar-refractivity contribution in [3.63, 3.8) is 0 Å². The summed E-state index contributed by atoms with van der Waals surface area (Å²) >= 11 is 0. The van der Waals surface area contributed by atoms with Crippen LogP contribution in [0.3, 0.4) is 0 Å². The average Bonchev–Trinajstić information content (AvgIpc) is 3.30. The SMILES string of the molecule is C#C[C@]1(O)CC[C@H]2C3CC[C@H]4Cc5nc6nc7ccccc7n6cc5C[C@]4(C)C3CC[C@@]21C. The Bertz CT molecular complexity index is 1340. The van der Waals surface area contributed by atoms with Crippen LogP contribution in [0, 0.1) is 46.8 Å². The van der Waals surface area contributed by atoms with Gasteiger partial charge in [0.15, 0.2) is 0 Å². The summed E-state index contributed by atoms with van der Waals surface area (Å²) in [6.07, 6.45) is 17.0. The quantitative estimate of drug-likeness (QED) is 0.490. The Hall–Kier alpha value is -2.38. The summed E-state index contributed by atoms with van der Waals surface area (Å²) in [6.45, 7) is 4.86. The normalized spacial score (nSPS) is 41.8. The number of terminal acetylenes is 1. The first-order chi connectivity index (χ1) is 15.9. The molecule has 7 atom stereocenters. The van der Waals surface area contributed by atoms with Crippen molar-refractivity contribution in [2.75, 3.05) is 0 Å². The standard InChI is InChI=1S/C29H33N3O/c1-4-29(33)14-12-22-20-10-9-19-15-24-18(16-27(19,2)21(20)11-13-28(22,29)3)17-32-25-8-6-5-7-23(25)30-26(32)31-24/h1,5-8,17,19-22,33H,9-16H2,2-3H3/t19-,20?,21?,22-,27-,28-,29-/m0/s1. The van der Waals surface area contributed by atoms with E-state index < -0.39 is 5.60 Å². The minimum Gasteiger partial charge on any atom is -0.377 e. The van der Waals surface area contributed by atoms with Gasteiger partial charge in [0.25, 0.3) is 0 Å². The van der Waals surface area contributed by atoms with E-state index in [1.807, 2.05) is 6.07 Å². The second kappa shape index (κ2) is 6.39. The van der Waals surface area contributed by atoms with Gasteiger partial charge in [-0.1, -0.05) is 31.9 Å². The fourth-order valence-electron chi connectivity index (χ4n) is 9.03. The number of rotatable bonds is 0. The van der Waals surface area contributed by atoms with E-state index >= 15 is 0 Å². The number of fused-ring (bicyclic) bond motifs is 9. The molecule has 0 amide bonds. The molecule has 4 aliphatic carbocycles. The second-order valence-electron chi connectivity index (χ2n) is 12.0. The van der Waals surface area contributed by atoms with Crippen molar-refractivity contribution in [2.45, 2.75) is 70.8 Å². The van der Waals surface area contributed by atoms with Gasteiger partial charge in [-0.05, 0) is 98.1 Å². The molecule has 2 unspecified atom stereocenters. The highest BCUT2D eigenvalue weighted by atomic mass is 16.3. The highest BCUT2D eigenvalue weighted by molar-refractivity contribution is 5.79. The van der Waals surface area contributed by atoms with E-state index in [1.165, 1.54) is 30.5 Å². The first kappa shape index (κ1) is 20.0. The van der Waals surface area contributed by atoms with Gasteiger partial charge in [0, 0.05) is 17.3 Å². The molecule has 0 bridgehead atoms. The number of aromatic nitrogens is 3. The predicted molar refractivity (Wildman–Crippen MR) is 130 cm³/mol. The molecular weight excluding hydrogens is 406 g/mol. The van der Waals surface area contributed by atoms with Gasteiger partial charge < -0.3 is 5.11 Å². The lowest BCUT2D eigenvalue weighted by Gasteiger charge is -2.60. The van der Waals surface area contributed by atoms with Crippen LogP contribution in [-0.4, -0.2) is 25.1 Å². The summed E-state index contributed by atoms with van der Waals surface area (Å²) in [5.74, 6) is 6.28. The molecule has 33 heavy (non-hydrogen) atoms. The van der Waals surface area contributed by atoms with Crippen molar-refractivity contribution in [2.24, 2.45) is 34.5 Å². The van der Waals surface area contributed by atoms with E-state index in [9.17, 15) is 5.11 Å². The summed E-state index contributed by atoms with van der Waals surface area (Å²) in [4.78, 5) is 9.86. The van der Waals surface area contributed by atoms with Crippen molar-refractivity contribution in [3.8, 4) is 12.3 Å². The maximum Gasteiger partial charge on any atom is 0.235 e. The summed E-state index contributed by atoms with van der Waals surface area (Å²) in [6, 6.07) is 8.34. The Morgan fingerprint density at radius 3 is 2.73 bits per heavy atom. The fraction of sp³-hybridized carbons (Fsp3) is 0.586. The Balaban J connectivity index is 1.28. The molecule has 4 aliphatic rings. The largest absolute Gasteiger partial charge is 0.377 e. The van der Waals surface area contributed by atoms with Crippen LogP contribution in [0.1, 0.15) is 63.6 Å². The molecule has 1 N–H and O–H groups in total. The van der Waals surface area contributed by atoms with Crippen LogP contribution in [0.2, 0.25) is 0 Å². The lowest BCUT2D eigenvalue weighted by molar-refractivity contribution is -0.127. The fourth-order valence-corrected chi connectivity index (χ4v) is 9.03. The van der Waals surface area contributed by atoms with Crippen molar-refractivity contribution >= 4 is 16.8 Å². The molecule has 2 aromatic heterocycles. The smallest absolute Gasteiger partial charge is 0.235 e. The zero-order valence-corrected chi connectivity index (χ0v) is 19.7. The zero-order chi connectivity index (χ0) is 22.6. The van der Waals surface area contributed by atoms with Gasteiger partial charge in [-0.2, -0.15) is 0 Å². The number of imidazole rings is 1. The minimum atomic E-state index is -0.919. The molecule has 3 fully saturated rings. The monoisotopic (exact) mass is 439 g/mol. The Kier molecular flexibility index (Phi) is 3.88. The molecule has 7 rings (SSSR count). The number of hydrogen-bond acceptors (Lipinski definition) is 3. The second-order valence-corrected chi connectivity index (χ2v) is 12.0.